The third-order valence-corrected chi connectivity index (χ3v) is 5.30. The van der Waals surface area contributed by atoms with Crippen LogP contribution in [0.2, 0.25) is 0 Å². The maximum Gasteiger partial charge on any atom is 0.132 e. The topological polar surface area (TPSA) is 34.3 Å². The van der Waals surface area contributed by atoms with Crippen molar-refractivity contribution in [1.82, 2.24) is 0 Å². The predicted octanol–water partition coefficient (Wildman–Crippen LogP) is 5.62. The van der Waals surface area contributed by atoms with Gasteiger partial charge in [-0.15, -0.1) is 23.2 Å². The molecule has 4 rings (SSSR count). The van der Waals surface area contributed by atoms with Crippen molar-refractivity contribution in [2.45, 2.75) is 35.8 Å². The van der Waals surface area contributed by atoms with Gasteiger partial charge in [-0.25, -0.2) is 0 Å². The molecule has 2 fully saturated rings. The van der Waals surface area contributed by atoms with Gasteiger partial charge in [0.05, 0.1) is 36.2 Å². The maximum absolute atomic E-state index is 6.59. The number of ether oxygens (including phenoxy) is 3. The number of halogens is 2. The molecule has 0 amide bonds. The van der Waals surface area contributed by atoms with Crippen LogP contribution in [0, 0.1) is 0 Å². The Balaban J connectivity index is 1.55. The van der Waals surface area contributed by atoms with Gasteiger partial charge in [-0.2, -0.15) is 0 Å². The first-order chi connectivity index (χ1) is 12.2. The van der Waals surface area contributed by atoms with Crippen molar-refractivity contribution in [3.63, 3.8) is 0 Å². The average molecular weight is 379 g/mol. The highest BCUT2D eigenvalue weighted by Crippen LogP contribution is 2.41. The van der Waals surface area contributed by atoms with Crippen LogP contribution in [0.1, 0.15) is 34.7 Å². The summed E-state index contributed by atoms with van der Waals surface area (Å²) in [6, 6.07) is 15.8. The Labute approximate surface area is 157 Å². The molecule has 0 N–H and O–H groups in total. The Morgan fingerprint density at radius 2 is 1.20 bits per heavy atom. The van der Waals surface area contributed by atoms with Gasteiger partial charge >= 0.3 is 0 Å². The molecule has 25 heavy (non-hydrogen) atoms. The quantitative estimate of drug-likeness (QED) is 0.441. The van der Waals surface area contributed by atoms with Gasteiger partial charge < -0.3 is 14.2 Å². The van der Waals surface area contributed by atoms with Crippen LogP contribution >= 0.6 is 23.2 Å². The Hall–Kier alpha value is -1.26. The average Bonchev–Trinajstić information content (AvgIpc) is 3.53. The molecule has 0 aromatic heterocycles. The smallest absolute Gasteiger partial charge is 0.132 e. The molecule has 3 nitrogen and oxygen atoms in total. The molecule has 2 aromatic rings. The van der Waals surface area contributed by atoms with Crippen LogP contribution < -0.4 is 4.74 Å². The predicted molar refractivity (Wildman–Crippen MR) is 98.9 cm³/mol. The molecule has 4 atom stereocenters. The molecule has 0 spiro atoms. The van der Waals surface area contributed by atoms with E-state index in [4.69, 9.17) is 37.4 Å². The summed E-state index contributed by atoms with van der Waals surface area (Å²) < 4.78 is 16.8. The molecule has 2 aromatic carbocycles. The van der Waals surface area contributed by atoms with Crippen molar-refractivity contribution in [1.29, 1.82) is 0 Å². The Morgan fingerprint density at radius 3 is 1.60 bits per heavy atom. The van der Waals surface area contributed by atoms with Gasteiger partial charge in [0.2, 0.25) is 0 Å². The summed E-state index contributed by atoms with van der Waals surface area (Å²) in [6.45, 7) is 1.60. The third-order valence-electron chi connectivity index (χ3n) is 4.48. The highest BCUT2D eigenvalue weighted by atomic mass is 35.5. The zero-order chi connectivity index (χ0) is 17.2. The highest BCUT2D eigenvalue weighted by Gasteiger charge is 2.29. The molecular formula is C20H20Cl2O3. The van der Waals surface area contributed by atoms with Crippen molar-refractivity contribution in [2.75, 3.05) is 13.2 Å². The van der Waals surface area contributed by atoms with E-state index in [2.05, 4.69) is 0 Å². The van der Waals surface area contributed by atoms with E-state index < -0.39 is 0 Å². The van der Waals surface area contributed by atoms with Crippen LogP contribution in [0.3, 0.4) is 0 Å². The summed E-state index contributed by atoms with van der Waals surface area (Å²) in [4.78, 5) is 0. The first-order valence-corrected chi connectivity index (χ1v) is 9.45. The van der Waals surface area contributed by atoms with Crippen LogP contribution in [0.5, 0.6) is 11.5 Å². The molecular weight excluding hydrogens is 359 g/mol. The summed E-state index contributed by atoms with van der Waals surface area (Å²) in [5, 5.41) is -0.273. The summed E-state index contributed by atoms with van der Waals surface area (Å²) in [5.41, 5.74) is 1.96. The number of hydrogen-bond donors (Lipinski definition) is 0. The van der Waals surface area contributed by atoms with E-state index in [0.29, 0.717) is 0 Å². The van der Waals surface area contributed by atoms with Crippen LogP contribution in [0.25, 0.3) is 0 Å². The van der Waals surface area contributed by atoms with E-state index in [1.165, 1.54) is 0 Å². The Kier molecular flexibility index (Phi) is 5.18. The fourth-order valence-electron chi connectivity index (χ4n) is 2.91. The summed E-state index contributed by atoms with van der Waals surface area (Å²) in [7, 11) is 0. The van der Waals surface area contributed by atoms with Crippen molar-refractivity contribution < 1.29 is 14.2 Å². The molecule has 2 heterocycles. The highest BCUT2D eigenvalue weighted by molar-refractivity contribution is 6.21. The normalized spacial score (nSPS) is 23.8. The van der Waals surface area contributed by atoms with Gasteiger partial charge in [-0.1, -0.05) is 36.4 Å². The van der Waals surface area contributed by atoms with Gasteiger partial charge in [-0.3, -0.25) is 0 Å². The summed E-state index contributed by atoms with van der Waals surface area (Å²) in [5.74, 6) is 1.53. The number of para-hydroxylation sites is 2. The number of benzene rings is 2. The summed E-state index contributed by atoms with van der Waals surface area (Å²) >= 11 is 13.2. The summed E-state index contributed by atoms with van der Waals surface area (Å²) in [6.07, 6.45) is 2.13. The fraction of sp³-hybridized carbons (Fsp3) is 0.400. The minimum absolute atomic E-state index is 0.137. The number of hydrogen-bond acceptors (Lipinski definition) is 3. The molecule has 2 saturated heterocycles. The van der Waals surface area contributed by atoms with E-state index in [1.807, 2.05) is 48.5 Å². The second kappa shape index (κ2) is 7.55. The SMILES string of the molecule is Cl[C@@H](C[C@H]1CO1)c1ccccc1Oc1ccccc1[C@@H](Cl)C[C@H]1CO1. The first-order valence-electron chi connectivity index (χ1n) is 8.57. The van der Waals surface area contributed by atoms with Gasteiger partial charge in [0, 0.05) is 11.1 Å². The fourth-order valence-corrected chi connectivity index (χ4v) is 3.66. The minimum Gasteiger partial charge on any atom is -0.457 e. The Bertz CT molecular complexity index is 667. The molecule has 0 aliphatic carbocycles. The zero-order valence-electron chi connectivity index (χ0n) is 13.7. The van der Waals surface area contributed by atoms with Crippen LogP contribution in [-0.4, -0.2) is 25.4 Å². The lowest BCUT2D eigenvalue weighted by Crippen LogP contribution is -2.02. The second-order valence-electron chi connectivity index (χ2n) is 6.49. The standard InChI is InChI=1S/C20H20Cl2O3/c21-17(9-13-11-23-13)15-5-1-3-7-19(15)25-20-8-4-2-6-16(20)18(22)10-14-12-24-14/h1-8,13-14,17-18H,9-12H2/t13-,14-,17-,18-/m0/s1. The lowest BCUT2D eigenvalue weighted by molar-refractivity contribution is 0.390. The molecule has 0 saturated carbocycles. The zero-order valence-corrected chi connectivity index (χ0v) is 15.2. The molecule has 0 radical (unpaired) electrons. The Morgan fingerprint density at radius 1 is 0.800 bits per heavy atom. The van der Waals surface area contributed by atoms with E-state index in [1.54, 1.807) is 0 Å². The third kappa shape index (κ3) is 4.48. The number of alkyl halides is 2. The molecule has 5 heteroatoms. The van der Waals surface area contributed by atoms with Gasteiger partial charge in [-0.05, 0) is 25.0 Å². The monoisotopic (exact) mass is 378 g/mol. The van der Waals surface area contributed by atoms with Crippen molar-refractivity contribution in [2.24, 2.45) is 0 Å². The van der Waals surface area contributed by atoms with Gasteiger partial charge in [0.15, 0.2) is 0 Å². The van der Waals surface area contributed by atoms with Crippen LogP contribution in [0.4, 0.5) is 0 Å². The largest absolute Gasteiger partial charge is 0.457 e. The van der Waals surface area contributed by atoms with Gasteiger partial charge in [0.25, 0.3) is 0 Å². The maximum atomic E-state index is 6.59. The van der Waals surface area contributed by atoms with E-state index in [-0.39, 0.29) is 23.0 Å². The number of epoxide rings is 2. The first kappa shape index (κ1) is 17.2. The lowest BCUT2D eigenvalue weighted by atomic mass is 10.1. The number of rotatable bonds is 8. The van der Waals surface area contributed by atoms with E-state index >= 15 is 0 Å². The molecule has 0 bridgehead atoms. The molecule has 2 aliphatic heterocycles. The molecule has 2 aliphatic rings. The van der Waals surface area contributed by atoms with Crippen LogP contribution in [0.15, 0.2) is 48.5 Å². The lowest BCUT2D eigenvalue weighted by Gasteiger charge is -2.18. The van der Waals surface area contributed by atoms with Crippen molar-refractivity contribution in [3.8, 4) is 11.5 Å². The second-order valence-corrected chi connectivity index (χ2v) is 7.55. The molecule has 132 valence electrons. The van der Waals surface area contributed by atoms with Gasteiger partial charge in [0.1, 0.15) is 11.5 Å². The van der Waals surface area contributed by atoms with E-state index in [9.17, 15) is 0 Å². The molecule has 0 unspecified atom stereocenters. The van der Waals surface area contributed by atoms with Crippen molar-refractivity contribution in [3.05, 3.63) is 59.7 Å². The minimum atomic E-state index is -0.137. The van der Waals surface area contributed by atoms with Crippen molar-refractivity contribution >= 4 is 23.2 Å². The van der Waals surface area contributed by atoms with E-state index in [0.717, 1.165) is 48.7 Å². The van der Waals surface area contributed by atoms with Crippen LogP contribution in [-0.2, 0) is 9.47 Å².